The van der Waals surface area contributed by atoms with Crippen LogP contribution in [0.15, 0.2) is 34.9 Å². The lowest BCUT2D eigenvalue weighted by Crippen LogP contribution is -2.34. The van der Waals surface area contributed by atoms with Crippen molar-refractivity contribution in [1.82, 2.24) is 5.32 Å². The van der Waals surface area contributed by atoms with Crippen LogP contribution < -0.4 is 5.32 Å². The van der Waals surface area contributed by atoms with Gasteiger partial charge in [0.15, 0.2) is 5.78 Å². The van der Waals surface area contributed by atoms with Crippen LogP contribution in [-0.2, 0) is 0 Å². The van der Waals surface area contributed by atoms with E-state index in [0.717, 1.165) is 42.5 Å². The highest BCUT2D eigenvalue weighted by Crippen LogP contribution is 2.25. The van der Waals surface area contributed by atoms with Gasteiger partial charge in [0, 0.05) is 17.8 Å². The summed E-state index contributed by atoms with van der Waals surface area (Å²) in [6, 6.07) is 7.70. The zero-order valence-electron chi connectivity index (χ0n) is 9.61. The Balaban J connectivity index is 1.95. The number of carbonyl (C=O) groups is 1. The molecular weight excluding hydrogens is 214 g/mol. The molecule has 3 nitrogen and oxygen atoms in total. The van der Waals surface area contributed by atoms with Crippen LogP contribution in [0.2, 0.25) is 0 Å². The maximum Gasteiger partial charge on any atom is 0.171 e. The smallest absolute Gasteiger partial charge is 0.171 e. The first-order valence-corrected chi connectivity index (χ1v) is 6.07. The Morgan fingerprint density at radius 3 is 3.06 bits per heavy atom. The highest BCUT2D eigenvalue weighted by atomic mass is 16.3. The highest BCUT2D eigenvalue weighted by Gasteiger charge is 2.24. The molecule has 1 fully saturated rings. The van der Waals surface area contributed by atoms with E-state index in [0.29, 0.717) is 0 Å². The Hall–Kier alpha value is -1.61. The van der Waals surface area contributed by atoms with Crippen LogP contribution in [0.25, 0.3) is 11.0 Å². The fourth-order valence-electron chi connectivity index (χ4n) is 2.46. The molecular formula is C14H15NO2. The number of furan rings is 1. The topological polar surface area (TPSA) is 42.2 Å². The van der Waals surface area contributed by atoms with Gasteiger partial charge >= 0.3 is 0 Å². The summed E-state index contributed by atoms with van der Waals surface area (Å²) in [4.78, 5) is 12.4. The molecule has 1 saturated heterocycles. The first-order chi connectivity index (χ1) is 8.36. The quantitative estimate of drug-likeness (QED) is 0.805. The van der Waals surface area contributed by atoms with Gasteiger partial charge in [-0.3, -0.25) is 4.79 Å². The molecule has 0 spiro atoms. The fraction of sp³-hybridized carbons (Fsp3) is 0.357. The van der Waals surface area contributed by atoms with Crippen LogP contribution in [-0.4, -0.2) is 18.9 Å². The second-order valence-corrected chi connectivity index (χ2v) is 4.55. The second-order valence-electron chi connectivity index (χ2n) is 4.55. The Morgan fingerprint density at radius 1 is 1.35 bits per heavy atom. The number of benzene rings is 1. The van der Waals surface area contributed by atoms with Crippen molar-refractivity contribution < 1.29 is 9.21 Å². The van der Waals surface area contributed by atoms with Crippen molar-refractivity contribution in [2.75, 3.05) is 13.1 Å². The van der Waals surface area contributed by atoms with Gasteiger partial charge in [0.2, 0.25) is 0 Å². The molecule has 1 aliphatic rings. The molecule has 17 heavy (non-hydrogen) atoms. The molecule has 0 amide bonds. The molecule has 1 atom stereocenters. The summed E-state index contributed by atoms with van der Waals surface area (Å²) in [5.41, 5.74) is 1.52. The lowest BCUT2D eigenvalue weighted by atomic mass is 9.91. The maximum absolute atomic E-state index is 12.4. The van der Waals surface area contributed by atoms with Gasteiger partial charge in [-0.1, -0.05) is 18.2 Å². The predicted molar refractivity (Wildman–Crippen MR) is 66.1 cm³/mol. The molecule has 1 aromatic carbocycles. The zero-order chi connectivity index (χ0) is 11.7. The number of rotatable bonds is 2. The van der Waals surface area contributed by atoms with Gasteiger partial charge in [-0.25, -0.2) is 0 Å². The summed E-state index contributed by atoms with van der Waals surface area (Å²) in [7, 11) is 0. The SMILES string of the molecule is O=C(c1coc2ccccc12)C1CCCNC1. The van der Waals surface area contributed by atoms with E-state index in [1.54, 1.807) is 6.26 Å². The van der Waals surface area contributed by atoms with Crippen LogP contribution in [0.5, 0.6) is 0 Å². The standard InChI is InChI=1S/C14H15NO2/c16-14(10-4-3-7-15-8-10)12-9-17-13-6-2-1-5-11(12)13/h1-2,5-6,9-10,15H,3-4,7-8H2. The minimum absolute atomic E-state index is 0.102. The van der Waals surface area contributed by atoms with E-state index in [4.69, 9.17) is 4.42 Å². The van der Waals surface area contributed by atoms with Gasteiger partial charge in [-0.05, 0) is 25.5 Å². The Labute approximate surface area is 99.8 Å². The van der Waals surface area contributed by atoms with Gasteiger partial charge in [-0.15, -0.1) is 0 Å². The van der Waals surface area contributed by atoms with Crippen molar-refractivity contribution in [2.24, 2.45) is 5.92 Å². The van der Waals surface area contributed by atoms with E-state index in [2.05, 4.69) is 5.32 Å². The summed E-state index contributed by atoms with van der Waals surface area (Å²) in [5.74, 6) is 0.312. The van der Waals surface area contributed by atoms with Gasteiger partial charge in [0.05, 0.1) is 5.56 Å². The van der Waals surface area contributed by atoms with Gasteiger partial charge < -0.3 is 9.73 Å². The van der Waals surface area contributed by atoms with Crippen molar-refractivity contribution in [3.63, 3.8) is 0 Å². The first-order valence-electron chi connectivity index (χ1n) is 6.07. The minimum Gasteiger partial charge on any atom is -0.464 e. The first kappa shape index (κ1) is 10.5. The molecule has 88 valence electrons. The largest absolute Gasteiger partial charge is 0.464 e. The molecule has 2 aromatic rings. The Kier molecular flexibility index (Phi) is 2.69. The van der Waals surface area contributed by atoms with E-state index in [9.17, 15) is 4.79 Å². The van der Waals surface area contributed by atoms with Crippen molar-refractivity contribution >= 4 is 16.8 Å². The molecule has 0 radical (unpaired) electrons. The number of hydrogen-bond donors (Lipinski definition) is 1. The van der Waals surface area contributed by atoms with Gasteiger partial charge in [-0.2, -0.15) is 0 Å². The Morgan fingerprint density at radius 2 is 2.24 bits per heavy atom. The number of fused-ring (bicyclic) bond motifs is 1. The molecule has 1 aliphatic heterocycles. The molecule has 1 N–H and O–H groups in total. The monoisotopic (exact) mass is 229 g/mol. The summed E-state index contributed by atoms with van der Waals surface area (Å²) >= 11 is 0. The summed E-state index contributed by atoms with van der Waals surface area (Å²) in [6.07, 6.45) is 3.65. The lowest BCUT2D eigenvalue weighted by molar-refractivity contribution is 0.0900. The van der Waals surface area contributed by atoms with Crippen molar-refractivity contribution in [3.05, 3.63) is 36.1 Å². The van der Waals surface area contributed by atoms with Crippen LogP contribution in [0.3, 0.4) is 0 Å². The third kappa shape index (κ3) is 1.87. The van der Waals surface area contributed by atoms with E-state index in [1.807, 2.05) is 24.3 Å². The van der Waals surface area contributed by atoms with Crippen molar-refractivity contribution in [3.8, 4) is 0 Å². The van der Waals surface area contributed by atoms with Crippen molar-refractivity contribution in [1.29, 1.82) is 0 Å². The van der Waals surface area contributed by atoms with E-state index in [1.165, 1.54) is 0 Å². The van der Waals surface area contributed by atoms with E-state index >= 15 is 0 Å². The van der Waals surface area contributed by atoms with Crippen LogP contribution in [0, 0.1) is 5.92 Å². The summed E-state index contributed by atoms with van der Waals surface area (Å²) in [5, 5.41) is 4.21. The van der Waals surface area contributed by atoms with Crippen LogP contribution in [0.4, 0.5) is 0 Å². The molecule has 3 heteroatoms. The number of carbonyl (C=O) groups excluding carboxylic acids is 1. The third-order valence-electron chi connectivity index (χ3n) is 3.41. The predicted octanol–water partition coefficient (Wildman–Crippen LogP) is 2.62. The van der Waals surface area contributed by atoms with Crippen molar-refractivity contribution in [2.45, 2.75) is 12.8 Å². The molecule has 2 heterocycles. The molecule has 0 bridgehead atoms. The lowest BCUT2D eigenvalue weighted by Gasteiger charge is -2.20. The average molecular weight is 229 g/mol. The second kappa shape index (κ2) is 4.34. The number of para-hydroxylation sites is 1. The number of nitrogens with one attached hydrogen (secondary N) is 1. The van der Waals surface area contributed by atoms with E-state index in [-0.39, 0.29) is 11.7 Å². The number of piperidine rings is 1. The van der Waals surface area contributed by atoms with E-state index < -0.39 is 0 Å². The number of hydrogen-bond acceptors (Lipinski definition) is 3. The normalized spacial score (nSPS) is 20.6. The molecule has 0 aliphatic carbocycles. The molecule has 0 saturated carbocycles. The fourth-order valence-corrected chi connectivity index (χ4v) is 2.46. The average Bonchev–Trinajstić information content (AvgIpc) is 2.83. The van der Waals surface area contributed by atoms with Gasteiger partial charge in [0.25, 0.3) is 0 Å². The number of Topliss-reactive ketones (excluding diaryl/α,β-unsaturated/α-hetero) is 1. The highest BCUT2D eigenvalue weighted by molar-refractivity contribution is 6.08. The molecule has 1 aromatic heterocycles. The third-order valence-corrected chi connectivity index (χ3v) is 3.41. The zero-order valence-corrected chi connectivity index (χ0v) is 9.61. The van der Waals surface area contributed by atoms with Crippen LogP contribution in [0.1, 0.15) is 23.2 Å². The summed E-state index contributed by atoms with van der Waals surface area (Å²) < 4.78 is 5.42. The van der Waals surface area contributed by atoms with Crippen LogP contribution >= 0.6 is 0 Å². The Bertz CT molecular complexity index is 538. The molecule has 3 rings (SSSR count). The summed E-state index contributed by atoms with van der Waals surface area (Å²) in [6.45, 7) is 1.81. The maximum atomic E-state index is 12.4. The van der Waals surface area contributed by atoms with Gasteiger partial charge in [0.1, 0.15) is 11.8 Å². The minimum atomic E-state index is 0.102. The number of ketones is 1. The molecule has 1 unspecified atom stereocenters.